The fourth-order valence-corrected chi connectivity index (χ4v) is 4.05. The van der Waals surface area contributed by atoms with Gasteiger partial charge in [0.25, 0.3) is 0 Å². The monoisotopic (exact) mass is 286 g/mol. The Balaban J connectivity index is 2.28. The van der Waals surface area contributed by atoms with Crippen molar-refractivity contribution in [3.05, 3.63) is 23.5 Å². The second-order valence-electron chi connectivity index (χ2n) is 5.08. The minimum absolute atomic E-state index is 0.0531. The van der Waals surface area contributed by atoms with Gasteiger partial charge in [-0.05, 0) is 31.9 Å². The Hall–Kier alpha value is -1.14. The zero-order valence-electron chi connectivity index (χ0n) is 10.9. The lowest BCUT2D eigenvalue weighted by molar-refractivity contribution is 0.412. The number of benzene rings is 1. The van der Waals surface area contributed by atoms with Gasteiger partial charge in [0, 0.05) is 17.3 Å². The van der Waals surface area contributed by atoms with Gasteiger partial charge in [0.2, 0.25) is 10.0 Å². The van der Waals surface area contributed by atoms with Crippen LogP contribution in [-0.4, -0.2) is 14.5 Å². The molecular formula is C13H19FN2O2S. The summed E-state index contributed by atoms with van der Waals surface area (Å²) in [5.41, 5.74) is 5.75. The van der Waals surface area contributed by atoms with Crippen molar-refractivity contribution >= 4 is 15.7 Å². The molecule has 0 radical (unpaired) electrons. The van der Waals surface area contributed by atoms with E-state index in [1.165, 1.54) is 13.0 Å². The van der Waals surface area contributed by atoms with Crippen LogP contribution in [0.25, 0.3) is 0 Å². The van der Waals surface area contributed by atoms with E-state index < -0.39 is 15.8 Å². The molecule has 3 N–H and O–H groups in total. The quantitative estimate of drug-likeness (QED) is 0.838. The van der Waals surface area contributed by atoms with E-state index in [-0.39, 0.29) is 22.2 Å². The average molecular weight is 286 g/mol. The maximum Gasteiger partial charge on any atom is 0.241 e. The van der Waals surface area contributed by atoms with E-state index in [9.17, 15) is 12.8 Å². The number of nitrogens with two attached hydrogens (primary N) is 1. The van der Waals surface area contributed by atoms with Crippen molar-refractivity contribution in [2.24, 2.45) is 0 Å². The van der Waals surface area contributed by atoms with Gasteiger partial charge in [-0.15, -0.1) is 0 Å². The predicted octanol–water partition coefficient (Wildman–Crippen LogP) is 2.33. The standard InChI is InChI=1S/C13H19FN2O2S/c1-9-12(14)7-10(15)8-13(9)19(17,18)16-11-5-3-2-4-6-11/h7-8,11,16H,2-6,15H2,1H3. The first kappa shape index (κ1) is 14.3. The van der Waals surface area contributed by atoms with Gasteiger partial charge in [-0.3, -0.25) is 0 Å². The van der Waals surface area contributed by atoms with Crippen LogP contribution < -0.4 is 10.5 Å². The van der Waals surface area contributed by atoms with Gasteiger partial charge in [0.15, 0.2) is 0 Å². The normalized spacial score (nSPS) is 17.6. The van der Waals surface area contributed by atoms with Crippen molar-refractivity contribution in [3.8, 4) is 0 Å². The summed E-state index contributed by atoms with van der Waals surface area (Å²) in [6, 6.07) is 2.39. The first-order valence-corrected chi connectivity index (χ1v) is 7.96. The highest BCUT2D eigenvalue weighted by Gasteiger charge is 2.24. The maximum absolute atomic E-state index is 13.6. The first-order chi connectivity index (χ1) is 8.90. The second-order valence-corrected chi connectivity index (χ2v) is 6.76. The van der Waals surface area contributed by atoms with Crippen LogP contribution in [0, 0.1) is 12.7 Å². The van der Waals surface area contributed by atoms with Crippen LogP contribution in [-0.2, 0) is 10.0 Å². The molecular weight excluding hydrogens is 267 g/mol. The molecule has 0 bridgehead atoms. The Morgan fingerprint density at radius 1 is 1.26 bits per heavy atom. The third-order valence-electron chi connectivity index (χ3n) is 3.54. The highest BCUT2D eigenvalue weighted by molar-refractivity contribution is 7.89. The molecule has 0 atom stereocenters. The van der Waals surface area contributed by atoms with Crippen LogP contribution in [0.5, 0.6) is 0 Å². The van der Waals surface area contributed by atoms with Crippen molar-refractivity contribution in [2.45, 2.75) is 50.0 Å². The number of halogens is 1. The van der Waals surface area contributed by atoms with Crippen LogP contribution in [0.15, 0.2) is 17.0 Å². The van der Waals surface area contributed by atoms with E-state index in [1.54, 1.807) is 0 Å². The summed E-state index contributed by atoms with van der Waals surface area (Å²) in [5.74, 6) is -0.594. The predicted molar refractivity (Wildman–Crippen MR) is 72.7 cm³/mol. The zero-order chi connectivity index (χ0) is 14.0. The average Bonchev–Trinajstić information content (AvgIpc) is 2.34. The lowest BCUT2D eigenvalue weighted by Crippen LogP contribution is -2.36. The van der Waals surface area contributed by atoms with Crippen molar-refractivity contribution in [2.75, 3.05) is 5.73 Å². The van der Waals surface area contributed by atoms with Crippen LogP contribution >= 0.6 is 0 Å². The topological polar surface area (TPSA) is 72.2 Å². The van der Waals surface area contributed by atoms with Gasteiger partial charge in [-0.1, -0.05) is 19.3 Å². The van der Waals surface area contributed by atoms with E-state index in [4.69, 9.17) is 5.73 Å². The molecule has 1 fully saturated rings. The lowest BCUT2D eigenvalue weighted by atomic mass is 9.96. The first-order valence-electron chi connectivity index (χ1n) is 6.48. The number of anilines is 1. The second kappa shape index (κ2) is 5.46. The van der Waals surface area contributed by atoms with Crippen LogP contribution in [0.3, 0.4) is 0 Å². The molecule has 0 spiro atoms. The highest BCUT2D eigenvalue weighted by Crippen LogP contribution is 2.24. The number of sulfonamides is 1. The molecule has 0 aromatic heterocycles. The minimum Gasteiger partial charge on any atom is -0.399 e. The SMILES string of the molecule is Cc1c(F)cc(N)cc1S(=O)(=O)NC1CCCCC1. The van der Waals surface area contributed by atoms with Crippen LogP contribution in [0.1, 0.15) is 37.7 Å². The largest absolute Gasteiger partial charge is 0.399 e. The Bertz CT molecular complexity index is 566. The molecule has 1 aromatic carbocycles. The molecule has 0 saturated heterocycles. The van der Waals surface area contributed by atoms with Gasteiger partial charge < -0.3 is 5.73 Å². The summed E-state index contributed by atoms with van der Waals surface area (Å²) in [6.07, 6.45) is 4.87. The Kier molecular flexibility index (Phi) is 4.10. The number of nitrogens with one attached hydrogen (secondary N) is 1. The molecule has 19 heavy (non-hydrogen) atoms. The van der Waals surface area contributed by atoms with Crippen LogP contribution in [0.4, 0.5) is 10.1 Å². The number of rotatable bonds is 3. The van der Waals surface area contributed by atoms with Gasteiger partial charge >= 0.3 is 0 Å². The van der Waals surface area contributed by atoms with Gasteiger partial charge in [-0.2, -0.15) is 0 Å². The number of hydrogen-bond acceptors (Lipinski definition) is 3. The molecule has 0 aliphatic heterocycles. The lowest BCUT2D eigenvalue weighted by Gasteiger charge is -2.23. The molecule has 6 heteroatoms. The number of hydrogen-bond donors (Lipinski definition) is 2. The fourth-order valence-electron chi connectivity index (χ4n) is 2.46. The van der Waals surface area contributed by atoms with E-state index in [1.807, 2.05) is 0 Å². The van der Waals surface area contributed by atoms with Crippen molar-refractivity contribution in [1.29, 1.82) is 0 Å². The molecule has 0 unspecified atom stereocenters. The van der Waals surface area contributed by atoms with Gasteiger partial charge in [0.1, 0.15) is 5.82 Å². The van der Waals surface area contributed by atoms with E-state index in [0.29, 0.717) is 0 Å². The third-order valence-corrected chi connectivity index (χ3v) is 5.18. The smallest absolute Gasteiger partial charge is 0.241 e. The molecule has 4 nitrogen and oxygen atoms in total. The summed E-state index contributed by atoms with van der Waals surface area (Å²) in [4.78, 5) is -0.0597. The molecule has 1 saturated carbocycles. The summed E-state index contributed by atoms with van der Waals surface area (Å²) < 4.78 is 40.8. The van der Waals surface area contributed by atoms with E-state index >= 15 is 0 Å². The molecule has 1 aliphatic carbocycles. The van der Waals surface area contributed by atoms with Gasteiger partial charge in [-0.25, -0.2) is 17.5 Å². The van der Waals surface area contributed by atoms with Crippen LogP contribution in [0.2, 0.25) is 0 Å². The summed E-state index contributed by atoms with van der Waals surface area (Å²) in [6.45, 7) is 1.45. The van der Waals surface area contributed by atoms with Crippen molar-refractivity contribution in [1.82, 2.24) is 4.72 Å². The zero-order valence-corrected chi connectivity index (χ0v) is 11.8. The van der Waals surface area contributed by atoms with E-state index in [2.05, 4.69) is 4.72 Å². The van der Waals surface area contributed by atoms with Crippen molar-refractivity contribution in [3.63, 3.8) is 0 Å². The minimum atomic E-state index is -3.71. The van der Waals surface area contributed by atoms with E-state index in [0.717, 1.165) is 38.2 Å². The van der Waals surface area contributed by atoms with Crippen molar-refractivity contribution < 1.29 is 12.8 Å². The maximum atomic E-state index is 13.6. The molecule has 1 aromatic rings. The molecule has 106 valence electrons. The highest BCUT2D eigenvalue weighted by atomic mass is 32.2. The molecule has 0 heterocycles. The third kappa shape index (κ3) is 3.25. The molecule has 2 rings (SSSR count). The Morgan fingerprint density at radius 3 is 2.53 bits per heavy atom. The summed E-state index contributed by atoms with van der Waals surface area (Å²) in [7, 11) is -3.71. The Labute approximate surface area is 113 Å². The molecule has 0 amide bonds. The Morgan fingerprint density at radius 2 is 1.89 bits per heavy atom. The number of nitrogen functional groups attached to an aromatic ring is 1. The van der Waals surface area contributed by atoms with Gasteiger partial charge in [0.05, 0.1) is 4.90 Å². The summed E-state index contributed by atoms with van der Waals surface area (Å²) >= 11 is 0. The fraction of sp³-hybridized carbons (Fsp3) is 0.538. The summed E-state index contributed by atoms with van der Waals surface area (Å²) in [5, 5.41) is 0. The molecule has 1 aliphatic rings.